The number of fused-ring (bicyclic) bond motifs is 2. The summed E-state index contributed by atoms with van der Waals surface area (Å²) >= 11 is 0. The number of rotatable bonds is 6. The fraction of sp³-hybridized carbons (Fsp3) is 0.357. The third kappa shape index (κ3) is 3.99. The molecule has 2 aliphatic rings. The second-order valence-corrected chi connectivity index (χ2v) is 9.64. The summed E-state index contributed by atoms with van der Waals surface area (Å²) in [5, 5.41) is 15.7. The number of aliphatic hydroxyl groups is 1. The van der Waals surface area contributed by atoms with Crippen molar-refractivity contribution in [3.8, 4) is 0 Å². The van der Waals surface area contributed by atoms with Crippen LogP contribution in [-0.4, -0.2) is 65.3 Å². The molecule has 4 unspecified atom stereocenters. The number of benzene rings is 1. The first-order chi connectivity index (χ1) is 18.0. The van der Waals surface area contributed by atoms with Crippen molar-refractivity contribution >= 4 is 11.9 Å². The summed E-state index contributed by atoms with van der Waals surface area (Å²) in [4.78, 5) is 38.6. The minimum absolute atomic E-state index is 0.137. The Balaban J connectivity index is 1.75. The lowest BCUT2D eigenvalue weighted by Gasteiger charge is -2.61. The van der Waals surface area contributed by atoms with Gasteiger partial charge in [-0.1, -0.05) is 42.5 Å². The van der Waals surface area contributed by atoms with Crippen LogP contribution in [0.1, 0.15) is 29.0 Å². The maximum atomic E-state index is 13.7. The van der Waals surface area contributed by atoms with Gasteiger partial charge in [0.15, 0.2) is 0 Å². The van der Waals surface area contributed by atoms with Crippen molar-refractivity contribution in [3.05, 3.63) is 96.1 Å². The van der Waals surface area contributed by atoms with Gasteiger partial charge in [-0.2, -0.15) is 0 Å². The number of ether oxygens (including phenoxy) is 2. The molecule has 3 aromatic rings. The summed E-state index contributed by atoms with van der Waals surface area (Å²) in [7, 11) is 2.58. The highest BCUT2D eigenvalue weighted by molar-refractivity contribution is 5.86. The maximum Gasteiger partial charge on any atom is 0.317 e. The number of hydrogen-bond acceptors (Lipinski definition) is 9. The fourth-order valence-corrected chi connectivity index (χ4v) is 6.10. The van der Waals surface area contributed by atoms with Crippen molar-refractivity contribution in [2.24, 2.45) is 10.8 Å². The van der Waals surface area contributed by atoms with Crippen LogP contribution in [0.3, 0.4) is 0 Å². The van der Waals surface area contributed by atoms with Crippen LogP contribution in [0.4, 0.5) is 0 Å². The van der Waals surface area contributed by atoms with Crippen LogP contribution in [0, 0.1) is 10.8 Å². The molecule has 0 amide bonds. The number of methoxy groups -OCH3 is 2. The van der Waals surface area contributed by atoms with E-state index in [-0.39, 0.29) is 13.1 Å². The molecule has 0 radical (unpaired) electrons. The molecular formula is C28H30N4O5. The predicted molar refractivity (Wildman–Crippen MR) is 134 cm³/mol. The second kappa shape index (κ2) is 10.0. The van der Waals surface area contributed by atoms with Gasteiger partial charge in [-0.05, 0) is 29.8 Å². The van der Waals surface area contributed by atoms with Crippen LogP contribution in [0.5, 0.6) is 0 Å². The van der Waals surface area contributed by atoms with Gasteiger partial charge >= 0.3 is 11.9 Å². The average Bonchev–Trinajstić information content (AvgIpc) is 2.94. The Morgan fingerprint density at radius 3 is 1.78 bits per heavy atom. The van der Waals surface area contributed by atoms with Gasteiger partial charge in [-0.3, -0.25) is 29.8 Å². The highest BCUT2D eigenvalue weighted by Gasteiger charge is 2.73. The molecule has 9 heteroatoms. The summed E-state index contributed by atoms with van der Waals surface area (Å²) in [5.41, 5.74) is -1.01. The van der Waals surface area contributed by atoms with Crippen molar-refractivity contribution in [2.45, 2.75) is 24.7 Å². The van der Waals surface area contributed by atoms with E-state index < -0.39 is 41.0 Å². The SMILES string of the molecule is COC(=O)C12CN(Cc3ccccc3)CC(C(=O)OC)(C(c3ccccn3)NC1c1ccccn1)C2O. The molecule has 2 aliphatic heterocycles. The second-order valence-electron chi connectivity index (χ2n) is 9.64. The molecule has 4 heterocycles. The molecular weight excluding hydrogens is 472 g/mol. The number of piperidine rings is 2. The predicted octanol–water partition coefficient (Wildman–Crippen LogP) is 2.06. The van der Waals surface area contributed by atoms with Gasteiger partial charge in [0.05, 0.1) is 43.8 Å². The van der Waals surface area contributed by atoms with E-state index in [4.69, 9.17) is 9.47 Å². The summed E-state index contributed by atoms with van der Waals surface area (Å²) in [5.74, 6) is -1.26. The first kappa shape index (κ1) is 25.0. The number of esters is 2. The molecule has 9 nitrogen and oxygen atoms in total. The lowest BCUT2D eigenvalue weighted by molar-refractivity contribution is -0.225. The van der Waals surface area contributed by atoms with Crippen molar-refractivity contribution in [2.75, 3.05) is 27.3 Å². The lowest BCUT2D eigenvalue weighted by atomic mass is 9.54. The van der Waals surface area contributed by atoms with Gasteiger partial charge in [0.2, 0.25) is 0 Å². The molecule has 0 aliphatic carbocycles. The molecule has 2 fully saturated rings. The van der Waals surface area contributed by atoms with Gasteiger partial charge < -0.3 is 14.6 Å². The molecule has 2 saturated heterocycles. The molecule has 2 bridgehead atoms. The molecule has 0 spiro atoms. The Bertz CT molecular complexity index is 1170. The van der Waals surface area contributed by atoms with Crippen LogP contribution in [0.2, 0.25) is 0 Å². The third-order valence-corrected chi connectivity index (χ3v) is 7.66. The molecule has 2 N–H and O–H groups in total. The number of aromatic nitrogens is 2. The smallest absolute Gasteiger partial charge is 0.317 e. The van der Waals surface area contributed by atoms with E-state index in [0.717, 1.165) is 5.56 Å². The standard InChI is InChI=1S/C28H30N4O5/c1-36-25(34)27-17-32(16-19-10-4-3-5-11-19)18-28(24(27)33,26(35)37-2)23(21-13-7-9-15-30-21)31-22(27)20-12-6-8-14-29-20/h3-15,22-24,31,33H,16-18H2,1-2H3. The number of likely N-dealkylation sites (tertiary alicyclic amines) is 1. The largest absolute Gasteiger partial charge is 0.468 e. The van der Waals surface area contributed by atoms with Gasteiger partial charge in [0.25, 0.3) is 0 Å². The van der Waals surface area contributed by atoms with Crippen molar-refractivity contribution in [1.82, 2.24) is 20.2 Å². The first-order valence-electron chi connectivity index (χ1n) is 12.2. The number of carbonyl (C=O) groups excluding carboxylic acids is 2. The summed E-state index contributed by atoms with van der Waals surface area (Å²) in [6.07, 6.45) is 1.82. The summed E-state index contributed by atoms with van der Waals surface area (Å²) < 4.78 is 10.7. The zero-order valence-electron chi connectivity index (χ0n) is 20.8. The van der Waals surface area contributed by atoms with E-state index in [9.17, 15) is 14.7 Å². The fourth-order valence-electron chi connectivity index (χ4n) is 6.10. The monoisotopic (exact) mass is 502 g/mol. The van der Waals surface area contributed by atoms with E-state index in [1.165, 1.54) is 14.2 Å². The van der Waals surface area contributed by atoms with Gasteiger partial charge in [0, 0.05) is 32.0 Å². The van der Waals surface area contributed by atoms with E-state index in [1.807, 2.05) is 47.4 Å². The lowest BCUT2D eigenvalue weighted by Crippen LogP contribution is -2.77. The van der Waals surface area contributed by atoms with Crippen LogP contribution in [0.25, 0.3) is 0 Å². The Kier molecular flexibility index (Phi) is 6.76. The number of nitrogens with zero attached hydrogens (tertiary/aromatic N) is 3. The average molecular weight is 503 g/mol. The maximum absolute atomic E-state index is 13.7. The third-order valence-electron chi connectivity index (χ3n) is 7.66. The number of aliphatic hydroxyl groups excluding tert-OH is 1. The van der Waals surface area contributed by atoms with E-state index >= 15 is 0 Å². The van der Waals surface area contributed by atoms with Crippen molar-refractivity contribution in [1.29, 1.82) is 0 Å². The molecule has 37 heavy (non-hydrogen) atoms. The minimum atomic E-state index is -1.56. The Morgan fingerprint density at radius 2 is 1.35 bits per heavy atom. The van der Waals surface area contributed by atoms with E-state index in [2.05, 4.69) is 15.3 Å². The highest BCUT2D eigenvalue weighted by atomic mass is 16.5. The normalized spacial score (nSPS) is 29.3. The summed E-state index contributed by atoms with van der Waals surface area (Å²) in [6.45, 7) is 0.726. The molecule has 192 valence electrons. The highest BCUT2D eigenvalue weighted by Crippen LogP contribution is 2.58. The Labute approximate surface area is 215 Å². The topological polar surface area (TPSA) is 114 Å². The van der Waals surface area contributed by atoms with Crippen LogP contribution in [-0.2, 0) is 25.6 Å². The minimum Gasteiger partial charge on any atom is -0.468 e. The number of carbonyl (C=O) groups is 2. The Hall–Kier alpha value is -3.66. The zero-order chi connectivity index (χ0) is 26.0. The van der Waals surface area contributed by atoms with Gasteiger partial charge in [-0.25, -0.2) is 0 Å². The quantitative estimate of drug-likeness (QED) is 0.489. The molecule has 0 saturated carbocycles. The van der Waals surface area contributed by atoms with E-state index in [1.54, 1.807) is 36.7 Å². The van der Waals surface area contributed by atoms with E-state index in [0.29, 0.717) is 17.9 Å². The molecule has 5 rings (SSSR count). The molecule has 2 aromatic heterocycles. The number of pyridine rings is 2. The zero-order valence-corrected chi connectivity index (χ0v) is 20.8. The molecule has 1 aromatic carbocycles. The van der Waals surface area contributed by atoms with Crippen LogP contribution < -0.4 is 5.32 Å². The first-order valence-corrected chi connectivity index (χ1v) is 12.2. The Morgan fingerprint density at radius 1 is 0.865 bits per heavy atom. The van der Waals surface area contributed by atoms with Crippen LogP contribution in [0.15, 0.2) is 79.1 Å². The summed E-state index contributed by atoms with van der Waals surface area (Å²) in [6, 6.07) is 19.0. The number of nitrogens with one attached hydrogen (secondary N) is 1. The van der Waals surface area contributed by atoms with Crippen molar-refractivity contribution < 1.29 is 24.2 Å². The molecule has 4 atom stereocenters. The van der Waals surface area contributed by atoms with Crippen LogP contribution >= 0.6 is 0 Å². The van der Waals surface area contributed by atoms with Gasteiger partial charge in [-0.15, -0.1) is 0 Å². The van der Waals surface area contributed by atoms with Gasteiger partial charge in [0.1, 0.15) is 10.8 Å². The number of hydrogen-bond donors (Lipinski definition) is 2. The van der Waals surface area contributed by atoms with Crippen molar-refractivity contribution in [3.63, 3.8) is 0 Å².